The number of esters is 1. The fraction of sp³-hybridized carbons (Fsp3) is 0.353. The zero-order valence-electron chi connectivity index (χ0n) is 12.0. The van der Waals surface area contributed by atoms with Crippen LogP contribution in [-0.2, 0) is 9.53 Å². The second-order valence-electron chi connectivity index (χ2n) is 5.64. The quantitative estimate of drug-likeness (QED) is 0.881. The Kier molecular flexibility index (Phi) is 3.55. The molecule has 2 N–H and O–H groups in total. The molecule has 2 aromatic carbocycles. The van der Waals surface area contributed by atoms with E-state index >= 15 is 0 Å². The van der Waals surface area contributed by atoms with Gasteiger partial charge in [-0.05, 0) is 35.7 Å². The first-order chi connectivity index (χ1) is 10.1. The van der Waals surface area contributed by atoms with E-state index in [9.17, 15) is 4.79 Å². The number of hydrogen-bond donors (Lipinski definition) is 1. The molecule has 4 heteroatoms. The van der Waals surface area contributed by atoms with Crippen LogP contribution >= 0.6 is 0 Å². The van der Waals surface area contributed by atoms with Crippen LogP contribution in [0.4, 0.5) is 0 Å². The molecule has 0 amide bonds. The molecule has 0 spiro atoms. The summed E-state index contributed by atoms with van der Waals surface area (Å²) in [7, 11) is 1.37. The lowest BCUT2D eigenvalue weighted by Gasteiger charge is -2.21. The molecule has 0 heterocycles. The van der Waals surface area contributed by atoms with Crippen molar-refractivity contribution in [1.29, 1.82) is 0 Å². The van der Waals surface area contributed by atoms with Crippen LogP contribution < -0.4 is 10.5 Å². The number of hydrogen-bond acceptors (Lipinski definition) is 4. The van der Waals surface area contributed by atoms with E-state index in [1.165, 1.54) is 12.5 Å². The highest BCUT2D eigenvalue weighted by atomic mass is 16.5. The van der Waals surface area contributed by atoms with Crippen LogP contribution in [0.1, 0.15) is 19.3 Å². The van der Waals surface area contributed by atoms with Gasteiger partial charge in [0.2, 0.25) is 0 Å². The molecule has 2 aromatic rings. The number of carbonyl (C=O) groups excluding carboxylic acids is 1. The van der Waals surface area contributed by atoms with Crippen LogP contribution in [0.15, 0.2) is 42.5 Å². The molecule has 1 fully saturated rings. The maximum atomic E-state index is 11.7. The molecule has 0 aliphatic heterocycles. The predicted octanol–water partition coefficient (Wildman–Crippen LogP) is 2.64. The molecule has 3 rings (SSSR count). The predicted molar refractivity (Wildman–Crippen MR) is 81.1 cm³/mol. The number of nitrogens with two attached hydrogens (primary N) is 1. The van der Waals surface area contributed by atoms with Crippen molar-refractivity contribution in [1.82, 2.24) is 0 Å². The lowest BCUT2D eigenvalue weighted by Crippen LogP contribution is -2.47. The van der Waals surface area contributed by atoms with Crippen LogP contribution in [-0.4, -0.2) is 24.7 Å². The number of carbonyl (C=O) groups is 1. The van der Waals surface area contributed by atoms with Gasteiger partial charge >= 0.3 is 5.97 Å². The van der Waals surface area contributed by atoms with E-state index < -0.39 is 5.54 Å². The van der Waals surface area contributed by atoms with Crippen molar-refractivity contribution in [2.75, 3.05) is 7.11 Å². The first-order valence-corrected chi connectivity index (χ1v) is 7.13. The van der Waals surface area contributed by atoms with Gasteiger partial charge in [0.1, 0.15) is 17.4 Å². The fourth-order valence-electron chi connectivity index (χ4n) is 2.95. The molecule has 21 heavy (non-hydrogen) atoms. The first kappa shape index (κ1) is 13.9. The number of rotatable bonds is 3. The number of fused-ring (bicyclic) bond motifs is 1. The first-order valence-electron chi connectivity index (χ1n) is 7.13. The number of benzene rings is 2. The van der Waals surface area contributed by atoms with Gasteiger partial charge in [0.25, 0.3) is 0 Å². The van der Waals surface area contributed by atoms with Crippen LogP contribution in [0.25, 0.3) is 10.8 Å². The van der Waals surface area contributed by atoms with E-state index in [1.54, 1.807) is 0 Å². The second kappa shape index (κ2) is 5.37. The molecule has 2 atom stereocenters. The van der Waals surface area contributed by atoms with Gasteiger partial charge < -0.3 is 15.2 Å². The SMILES string of the molecule is COC(=O)C1(N)CCC(Oc2ccc3ccccc3c2)C1. The summed E-state index contributed by atoms with van der Waals surface area (Å²) in [4.78, 5) is 11.7. The third-order valence-electron chi connectivity index (χ3n) is 4.12. The molecule has 0 aromatic heterocycles. The Morgan fingerprint density at radius 1 is 1.24 bits per heavy atom. The van der Waals surface area contributed by atoms with E-state index in [0.717, 1.165) is 17.6 Å². The highest BCUT2D eigenvalue weighted by molar-refractivity contribution is 5.83. The van der Waals surface area contributed by atoms with Gasteiger partial charge in [0.05, 0.1) is 7.11 Å². The molecule has 1 saturated carbocycles. The molecule has 0 radical (unpaired) electrons. The normalized spacial score (nSPS) is 25.0. The van der Waals surface area contributed by atoms with Crippen molar-refractivity contribution >= 4 is 16.7 Å². The number of methoxy groups -OCH3 is 1. The van der Waals surface area contributed by atoms with Gasteiger partial charge in [-0.2, -0.15) is 0 Å². The zero-order valence-corrected chi connectivity index (χ0v) is 12.0. The summed E-state index contributed by atoms with van der Waals surface area (Å²) in [5, 5.41) is 2.32. The Morgan fingerprint density at radius 2 is 2.00 bits per heavy atom. The summed E-state index contributed by atoms with van der Waals surface area (Å²) in [5.74, 6) is 0.458. The summed E-state index contributed by atoms with van der Waals surface area (Å²) in [6.45, 7) is 0. The maximum Gasteiger partial charge on any atom is 0.325 e. The van der Waals surface area contributed by atoms with Crippen molar-refractivity contribution in [3.05, 3.63) is 42.5 Å². The van der Waals surface area contributed by atoms with Crippen molar-refractivity contribution in [2.45, 2.75) is 30.9 Å². The topological polar surface area (TPSA) is 61.5 Å². The summed E-state index contributed by atoms with van der Waals surface area (Å²) in [6, 6.07) is 14.1. The Labute approximate surface area is 123 Å². The van der Waals surface area contributed by atoms with Gasteiger partial charge in [-0.3, -0.25) is 4.79 Å². The van der Waals surface area contributed by atoms with Gasteiger partial charge in [-0.25, -0.2) is 0 Å². The number of ether oxygens (including phenoxy) is 2. The van der Waals surface area contributed by atoms with Crippen molar-refractivity contribution < 1.29 is 14.3 Å². The molecule has 0 bridgehead atoms. The maximum absolute atomic E-state index is 11.7. The molecule has 1 aliphatic carbocycles. The fourth-order valence-corrected chi connectivity index (χ4v) is 2.95. The van der Waals surface area contributed by atoms with E-state index in [2.05, 4.69) is 12.1 Å². The molecule has 2 unspecified atom stereocenters. The molecular formula is C17H19NO3. The molecule has 110 valence electrons. The summed E-state index contributed by atoms with van der Waals surface area (Å²) >= 11 is 0. The van der Waals surface area contributed by atoms with Gasteiger partial charge in [0.15, 0.2) is 0 Å². The Balaban J connectivity index is 1.73. The van der Waals surface area contributed by atoms with Crippen LogP contribution in [0.2, 0.25) is 0 Å². The third-order valence-corrected chi connectivity index (χ3v) is 4.12. The minimum Gasteiger partial charge on any atom is -0.490 e. The van der Waals surface area contributed by atoms with Crippen LogP contribution in [0.5, 0.6) is 5.75 Å². The second-order valence-corrected chi connectivity index (χ2v) is 5.64. The van der Waals surface area contributed by atoms with Crippen LogP contribution in [0.3, 0.4) is 0 Å². The largest absolute Gasteiger partial charge is 0.490 e. The third kappa shape index (κ3) is 2.72. The Morgan fingerprint density at radius 3 is 2.76 bits per heavy atom. The molecule has 0 saturated heterocycles. The highest BCUT2D eigenvalue weighted by Gasteiger charge is 2.44. The average Bonchev–Trinajstić information content (AvgIpc) is 2.88. The van der Waals surface area contributed by atoms with E-state index in [0.29, 0.717) is 12.8 Å². The van der Waals surface area contributed by atoms with E-state index in [1.807, 2.05) is 30.3 Å². The van der Waals surface area contributed by atoms with Gasteiger partial charge in [0, 0.05) is 6.42 Å². The van der Waals surface area contributed by atoms with Gasteiger partial charge in [-0.15, -0.1) is 0 Å². The Hall–Kier alpha value is -2.07. The van der Waals surface area contributed by atoms with E-state index in [4.69, 9.17) is 15.2 Å². The Bertz CT molecular complexity index is 670. The summed E-state index contributed by atoms with van der Waals surface area (Å²) < 4.78 is 10.8. The highest BCUT2D eigenvalue weighted by Crippen LogP contribution is 2.32. The standard InChI is InChI=1S/C17H19NO3/c1-20-16(19)17(18)9-8-15(11-17)21-14-7-6-12-4-2-3-5-13(12)10-14/h2-7,10,15H,8-9,11,18H2,1H3. The van der Waals surface area contributed by atoms with Crippen LogP contribution in [0, 0.1) is 0 Å². The lowest BCUT2D eigenvalue weighted by atomic mass is 10.00. The van der Waals surface area contributed by atoms with Crippen molar-refractivity contribution in [3.8, 4) is 5.75 Å². The van der Waals surface area contributed by atoms with E-state index in [-0.39, 0.29) is 12.1 Å². The minimum absolute atomic E-state index is 0.0461. The van der Waals surface area contributed by atoms with Crippen molar-refractivity contribution in [3.63, 3.8) is 0 Å². The molecule has 4 nitrogen and oxygen atoms in total. The zero-order chi connectivity index (χ0) is 14.9. The lowest BCUT2D eigenvalue weighted by molar-refractivity contribution is -0.147. The molecule has 1 aliphatic rings. The van der Waals surface area contributed by atoms with Crippen molar-refractivity contribution in [2.24, 2.45) is 5.73 Å². The average molecular weight is 285 g/mol. The summed E-state index contributed by atoms with van der Waals surface area (Å²) in [5.41, 5.74) is 5.19. The smallest absolute Gasteiger partial charge is 0.325 e. The molecular weight excluding hydrogens is 266 g/mol. The monoisotopic (exact) mass is 285 g/mol. The summed E-state index contributed by atoms with van der Waals surface area (Å²) in [6.07, 6.45) is 1.80. The van der Waals surface area contributed by atoms with Gasteiger partial charge in [-0.1, -0.05) is 30.3 Å². The minimum atomic E-state index is -0.906.